The molecule has 5 nitrogen and oxygen atoms in total. The summed E-state index contributed by atoms with van der Waals surface area (Å²) >= 11 is 0. The highest BCUT2D eigenvalue weighted by Gasteiger charge is 2.15. The van der Waals surface area contributed by atoms with Gasteiger partial charge in [0, 0.05) is 42.7 Å². The van der Waals surface area contributed by atoms with Gasteiger partial charge >= 0.3 is 0 Å². The summed E-state index contributed by atoms with van der Waals surface area (Å²) in [6.45, 7) is 1.73. The minimum absolute atomic E-state index is 0. The van der Waals surface area contributed by atoms with Crippen molar-refractivity contribution in [2.75, 3.05) is 18.9 Å². The zero-order chi connectivity index (χ0) is 15.4. The molecule has 0 saturated heterocycles. The topological polar surface area (TPSA) is 59.0 Å². The van der Waals surface area contributed by atoms with Crippen LogP contribution in [-0.2, 0) is 17.8 Å². The van der Waals surface area contributed by atoms with E-state index < -0.39 is 0 Å². The average Bonchev–Trinajstić information content (AvgIpc) is 2.98. The van der Waals surface area contributed by atoms with E-state index in [1.165, 1.54) is 18.5 Å². The average molecular weight is 371 g/mol. The number of fused-ring (bicyclic) bond motifs is 1. The first-order valence-electron chi connectivity index (χ1n) is 7.87. The van der Waals surface area contributed by atoms with E-state index in [2.05, 4.69) is 20.2 Å². The van der Waals surface area contributed by atoms with Gasteiger partial charge < -0.3 is 15.2 Å². The number of nitrogens with one attached hydrogen (secondary N) is 2. The molecule has 0 atom stereocenters. The molecular formula is C17H24Cl2N4O. The number of imidazole rings is 1. The number of benzene rings is 1. The van der Waals surface area contributed by atoms with Crippen LogP contribution in [0.1, 0.15) is 25.0 Å². The molecule has 0 saturated carbocycles. The Kier molecular flexibility index (Phi) is 8.25. The van der Waals surface area contributed by atoms with E-state index in [-0.39, 0.29) is 30.7 Å². The predicted octanol–water partition coefficient (Wildman–Crippen LogP) is 3.28. The maximum absolute atomic E-state index is 11.7. The Bertz CT molecular complexity index is 655. The second-order valence-electron chi connectivity index (χ2n) is 5.66. The van der Waals surface area contributed by atoms with Gasteiger partial charge in [0.15, 0.2) is 0 Å². The van der Waals surface area contributed by atoms with E-state index in [0.717, 1.165) is 30.0 Å². The fraction of sp³-hybridized carbons (Fsp3) is 0.412. The first-order chi connectivity index (χ1) is 10.8. The van der Waals surface area contributed by atoms with Crippen molar-refractivity contribution in [3.8, 4) is 11.4 Å². The van der Waals surface area contributed by atoms with E-state index in [1.54, 1.807) is 0 Å². The molecule has 132 valence electrons. The van der Waals surface area contributed by atoms with Gasteiger partial charge in [0.2, 0.25) is 5.91 Å². The first kappa shape index (κ1) is 20.5. The minimum Gasteiger partial charge on any atom is -0.328 e. The Morgan fingerprint density at radius 2 is 1.96 bits per heavy atom. The number of nitrogens with zero attached hydrogens (tertiary/aromatic N) is 2. The van der Waals surface area contributed by atoms with Crippen molar-refractivity contribution in [1.82, 2.24) is 14.9 Å². The molecule has 24 heavy (non-hydrogen) atoms. The van der Waals surface area contributed by atoms with Crippen molar-refractivity contribution in [3.63, 3.8) is 0 Å². The molecule has 2 aromatic rings. The van der Waals surface area contributed by atoms with E-state index in [0.29, 0.717) is 13.0 Å². The SMILES string of the molecule is CNCCC(=O)Nc1ccc(-c2ncc3n2CCCC3)cc1.Cl.Cl. The summed E-state index contributed by atoms with van der Waals surface area (Å²) in [4.78, 5) is 16.3. The van der Waals surface area contributed by atoms with Crippen LogP contribution in [0.5, 0.6) is 0 Å². The smallest absolute Gasteiger partial charge is 0.225 e. The van der Waals surface area contributed by atoms with E-state index in [9.17, 15) is 4.79 Å². The Labute approximate surface area is 155 Å². The van der Waals surface area contributed by atoms with E-state index >= 15 is 0 Å². The number of halogens is 2. The summed E-state index contributed by atoms with van der Waals surface area (Å²) < 4.78 is 2.31. The summed E-state index contributed by atoms with van der Waals surface area (Å²) in [7, 11) is 1.84. The van der Waals surface area contributed by atoms with Gasteiger partial charge in [-0.1, -0.05) is 0 Å². The van der Waals surface area contributed by atoms with Crippen LogP contribution in [0.25, 0.3) is 11.4 Å². The lowest BCUT2D eigenvalue weighted by atomic mass is 10.1. The van der Waals surface area contributed by atoms with Crippen molar-refractivity contribution < 1.29 is 4.79 Å². The van der Waals surface area contributed by atoms with Crippen LogP contribution in [0, 0.1) is 0 Å². The van der Waals surface area contributed by atoms with Crippen molar-refractivity contribution in [2.45, 2.75) is 32.2 Å². The largest absolute Gasteiger partial charge is 0.328 e. The molecule has 2 N–H and O–H groups in total. The van der Waals surface area contributed by atoms with Gasteiger partial charge in [-0.15, -0.1) is 24.8 Å². The van der Waals surface area contributed by atoms with Crippen LogP contribution in [-0.4, -0.2) is 29.1 Å². The molecular weight excluding hydrogens is 347 g/mol. The highest BCUT2D eigenvalue weighted by molar-refractivity contribution is 5.91. The Morgan fingerprint density at radius 3 is 2.67 bits per heavy atom. The number of aromatic nitrogens is 2. The Morgan fingerprint density at radius 1 is 1.21 bits per heavy atom. The molecule has 0 unspecified atom stereocenters. The number of rotatable bonds is 5. The molecule has 0 aliphatic carbocycles. The molecule has 1 aliphatic heterocycles. The van der Waals surface area contributed by atoms with Crippen molar-refractivity contribution in [2.24, 2.45) is 0 Å². The van der Waals surface area contributed by atoms with Gasteiger partial charge in [-0.25, -0.2) is 4.98 Å². The van der Waals surface area contributed by atoms with Crippen LogP contribution in [0.4, 0.5) is 5.69 Å². The van der Waals surface area contributed by atoms with Crippen molar-refractivity contribution in [1.29, 1.82) is 0 Å². The number of amides is 1. The fourth-order valence-electron chi connectivity index (χ4n) is 2.83. The van der Waals surface area contributed by atoms with E-state index in [1.807, 2.05) is 37.5 Å². The molecule has 3 rings (SSSR count). The van der Waals surface area contributed by atoms with Crippen molar-refractivity contribution >= 4 is 36.4 Å². The summed E-state index contributed by atoms with van der Waals surface area (Å²) in [5.41, 5.74) is 3.25. The van der Waals surface area contributed by atoms with Gasteiger partial charge in [-0.2, -0.15) is 0 Å². The van der Waals surface area contributed by atoms with Gasteiger partial charge in [-0.05, 0) is 50.6 Å². The number of hydrogen-bond acceptors (Lipinski definition) is 3. The summed E-state index contributed by atoms with van der Waals surface area (Å²) in [5, 5.41) is 5.87. The van der Waals surface area contributed by atoms with Crippen LogP contribution < -0.4 is 10.6 Å². The molecule has 2 heterocycles. The van der Waals surface area contributed by atoms with Gasteiger partial charge in [0.1, 0.15) is 5.82 Å². The third-order valence-electron chi connectivity index (χ3n) is 4.03. The quantitative estimate of drug-likeness (QED) is 0.848. The second-order valence-corrected chi connectivity index (χ2v) is 5.66. The first-order valence-corrected chi connectivity index (χ1v) is 7.87. The standard InChI is InChI=1S/C17H22N4O.2ClH/c1-18-10-9-16(22)20-14-7-5-13(6-8-14)17-19-12-15-4-2-3-11-21(15)17;;/h5-8,12,18H,2-4,9-11H2,1H3,(H,20,22);2*1H. The van der Waals surface area contributed by atoms with Crippen LogP contribution in [0.3, 0.4) is 0 Å². The molecule has 1 aliphatic rings. The molecule has 0 radical (unpaired) electrons. The number of hydrogen-bond donors (Lipinski definition) is 2. The predicted molar refractivity (Wildman–Crippen MR) is 102 cm³/mol. The van der Waals surface area contributed by atoms with Crippen LogP contribution >= 0.6 is 24.8 Å². The summed E-state index contributed by atoms with van der Waals surface area (Å²) in [6.07, 6.45) is 6.05. The fourth-order valence-corrected chi connectivity index (χ4v) is 2.83. The van der Waals surface area contributed by atoms with Crippen LogP contribution in [0.15, 0.2) is 30.5 Å². The lowest BCUT2D eigenvalue weighted by Gasteiger charge is -2.16. The monoisotopic (exact) mass is 370 g/mol. The van der Waals surface area contributed by atoms with Crippen LogP contribution in [0.2, 0.25) is 0 Å². The lowest BCUT2D eigenvalue weighted by molar-refractivity contribution is -0.116. The molecule has 0 spiro atoms. The normalized spacial score (nSPS) is 12.5. The highest BCUT2D eigenvalue weighted by atomic mass is 35.5. The molecule has 0 bridgehead atoms. The molecule has 0 fully saturated rings. The molecule has 1 aromatic carbocycles. The maximum Gasteiger partial charge on any atom is 0.225 e. The Hall–Kier alpha value is -1.56. The molecule has 7 heteroatoms. The van der Waals surface area contributed by atoms with Gasteiger partial charge in [0.05, 0.1) is 0 Å². The third-order valence-corrected chi connectivity index (χ3v) is 4.03. The lowest BCUT2D eigenvalue weighted by Crippen LogP contribution is -2.18. The summed E-state index contributed by atoms with van der Waals surface area (Å²) in [5.74, 6) is 1.06. The van der Waals surface area contributed by atoms with E-state index in [4.69, 9.17) is 0 Å². The minimum atomic E-state index is 0. The second kappa shape index (κ2) is 9.67. The highest BCUT2D eigenvalue weighted by Crippen LogP contribution is 2.25. The number of anilines is 1. The number of carbonyl (C=O) groups is 1. The third kappa shape index (κ3) is 4.72. The number of aryl methyl sites for hydroxylation is 1. The van der Waals surface area contributed by atoms with Gasteiger partial charge in [0.25, 0.3) is 0 Å². The molecule has 1 aromatic heterocycles. The van der Waals surface area contributed by atoms with Gasteiger partial charge in [-0.3, -0.25) is 4.79 Å². The zero-order valence-corrected chi connectivity index (χ0v) is 15.4. The molecule has 1 amide bonds. The zero-order valence-electron chi connectivity index (χ0n) is 13.7. The van der Waals surface area contributed by atoms with Crippen molar-refractivity contribution in [3.05, 3.63) is 36.2 Å². The number of carbonyl (C=O) groups excluding carboxylic acids is 1. The summed E-state index contributed by atoms with van der Waals surface area (Å²) in [6, 6.07) is 7.93. The maximum atomic E-state index is 11.7. The Balaban J connectivity index is 0.00000144.